The first kappa shape index (κ1) is 26.7. The minimum atomic E-state index is -0.193. The summed E-state index contributed by atoms with van der Waals surface area (Å²) in [5.41, 5.74) is 4.29. The van der Waals surface area contributed by atoms with Gasteiger partial charge in [-0.15, -0.1) is 11.8 Å². The summed E-state index contributed by atoms with van der Waals surface area (Å²) in [6.45, 7) is 5.75. The monoisotopic (exact) mass is 537 g/mol. The number of aromatic nitrogens is 1. The Balaban J connectivity index is 1.34. The number of hydrogen-bond acceptors (Lipinski definition) is 7. The lowest BCUT2D eigenvalue weighted by Gasteiger charge is -2.34. The molecule has 8 nitrogen and oxygen atoms in total. The Bertz CT molecular complexity index is 1280. The molecule has 1 aliphatic heterocycles. The normalized spacial score (nSPS) is 13.4. The number of carbonyl (C=O) groups is 3. The van der Waals surface area contributed by atoms with E-state index >= 15 is 0 Å². The van der Waals surface area contributed by atoms with Gasteiger partial charge in [-0.25, -0.2) is 4.98 Å². The summed E-state index contributed by atoms with van der Waals surface area (Å²) in [6.07, 6.45) is 1.76. The van der Waals surface area contributed by atoms with Crippen LogP contribution in [-0.4, -0.2) is 72.8 Å². The van der Waals surface area contributed by atoms with Crippen molar-refractivity contribution in [2.75, 3.05) is 50.5 Å². The summed E-state index contributed by atoms with van der Waals surface area (Å²) in [6, 6.07) is 13.4. The number of hydrogen-bond donors (Lipinski definition) is 1. The van der Waals surface area contributed by atoms with Gasteiger partial charge in [0.2, 0.25) is 5.91 Å². The van der Waals surface area contributed by atoms with Crippen LogP contribution in [0.15, 0.2) is 52.9 Å². The molecule has 0 spiro atoms. The number of anilines is 2. The molecule has 1 aliphatic rings. The molecular weight excluding hydrogens is 506 g/mol. The summed E-state index contributed by atoms with van der Waals surface area (Å²) in [5, 5.41) is 3.42. The van der Waals surface area contributed by atoms with Crippen LogP contribution < -0.4 is 10.2 Å². The van der Waals surface area contributed by atoms with Crippen LogP contribution in [0.25, 0.3) is 0 Å². The number of nitrogens with zero attached hydrogens (tertiary/aromatic N) is 4. The van der Waals surface area contributed by atoms with Gasteiger partial charge in [0.05, 0.1) is 10.4 Å². The van der Waals surface area contributed by atoms with Gasteiger partial charge < -0.3 is 14.7 Å². The molecule has 0 saturated carbocycles. The van der Waals surface area contributed by atoms with E-state index in [-0.39, 0.29) is 17.7 Å². The van der Waals surface area contributed by atoms with Crippen molar-refractivity contribution in [1.82, 2.24) is 14.8 Å². The molecule has 0 bridgehead atoms. The van der Waals surface area contributed by atoms with Crippen molar-refractivity contribution in [3.63, 3.8) is 0 Å². The molecule has 0 aliphatic carbocycles. The topological polar surface area (TPSA) is 85.9 Å². The van der Waals surface area contributed by atoms with E-state index < -0.39 is 0 Å². The fraction of sp³-hybridized carbons (Fsp3) is 0.333. The lowest BCUT2D eigenvalue weighted by molar-refractivity contribution is -0.130. The number of thioether (sulfide) groups is 1. The molecule has 1 saturated heterocycles. The third-order valence-electron chi connectivity index (χ3n) is 6.28. The Morgan fingerprint density at radius 3 is 2.35 bits per heavy atom. The predicted molar refractivity (Wildman–Crippen MR) is 150 cm³/mol. The van der Waals surface area contributed by atoms with E-state index in [1.165, 1.54) is 11.3 Å². The van der Waals surface area contributed by atoms with Crippen LogP contribution in [0.4, 0.5) is 10.8 Å². The quantitative estimate of drug-likeness (QED) is 0.451. The van der Waals surface area contributed by atoms with E-state index in [9.17, 15) is 14.4 Å². The van der Waals surface area contributed by atoms with E-state index in [4.69, 9.17) is 0 Å². The molecule has 4 rings (SSSR count). The van der Waals surface area contributed by atoms with Crippen LogP contribution in [0.3, 0.4) is 0 Å². The second-order valence-electron chi connectivity index (χ2n) is 9.12. The van der Waals surface area contributed by atoms with Gasteiger partial charge in [-0.2, -0.15) is 0 Å². The molecule has 0 radical (unpaired) electrons. The largest absolute Gasteiger partial charge is 0.378 e. The molecule has 1 fully saturated rings. The van der Waals surface area contributed by atoms with E-state index in [1.54, 1.807) is 41.9 Å². The zero-order valence-electron chi connectivity index (χ0n) is 21.5. The van der Waals surface area contributed by atoms with E-state index in [0.717, 1.165) is 21.0 Å². The van der Waals surface area contributed by atoms with Crippen molar-refractivity contribution >= 4 is 51.6 Å². The van der Waals surface area contributed by atoms with Gasteiger partial charge in [0, 0.05) is 69.8 Å². The molecular formula is C27H31N5O3S2. The zero-order chi connectivity index (χ0) is 26.5. The Morgan fingerprint density at radius 2 is 1.70 bits per heavy atom. The van der Waals surface area contributed by atoms with Gasteiger partial charge in [0.25, 0.3) is 11.8 Å². The SMILES string of the molecule is CC(=O)N1CCN(C(=O)c2cc(CSc3cnc(NC(=O)c4ccc(N(C)C)cc4)s3)ccc2C)CC1. The highest BCUT2D eigenvalue weighted by Crippen LogP contribution is 2.31. The molecule has 10 heteroatoms. The lowest BCUT2D eigenvalue weighted by Crippen LogP contribution is -2.50. The summed E-state index contributed by atoms with van der Waals surface area (Å²) in [5.74, 6) is 0.544. The number of piperazine rings is 1. The molecule has 37 heavy (non-hydrogen) atoms. The van der Waals surface area contributed by atoms with Crippen molar-refractivity contribution < 1.29 is 14.4 Å². The summed E-state index contributed by atoms with van der Waals surface area (Å²) < 4.78 is 0.979. The maximum Gasteiger partial charge on any atom is 0.257 e. The number of thiazole rings is 1. The first-order chi connectivity index (χ1) is 17.7. The number of aryl methyl sites for hydroxylation is 1. The summed E-state index contributed by atoms with van der Waals surface area (Å²) in [4.78, 5) is 47.2. The van der Waals surface area contributed by atoms with Crippen LogP contribution in [0.2, 0.25) is 0 Å². The molecule has 1 aromatic heterocycles. The minimum absolute atomic E-state index is 0.00829. The highest BCUT2D eigenvalue weighted by molar-refractivity contribution is 8.00. The van der Waals surface area contributed by atoms with E-state index in [1.807, 2.05) is 61.2 Å². The van der Waals surface area contributed by atoms with Gasteiger partial charge in [-0.3, -0.25) is 19.7 Å². The average molecular weight is 538 g/mol. The molecule has 194 valence electrons. The number of nitrogens with one attached hydrogen (secondary N) is 1. The number of amides is 3. The third-order valence-corrected chi connectivity index (χ3v) is 8.46. The number of benzene rings is 2. The molecule has 2 heterocycles. The van der Waals surface area contributed by atoms with E-state index in [0.29, 0.717) is 48.2 Å². The van der Waals surface area contributed by atoms with Crippen LogP contribution in [0, 0.1) is 6.92 Å². The lowest BCUT2D eigenvalue weighted by atomic mass is 10.0. The van der Waals surface area contributed by atoms with Crippen LogP contribution in [-0.2, 0) is 10.5 Å². The van der Waals surface area contributed by atoms with E-state index in [2.05, 4.69) is 10.3 Å². The minimum Gasteiger partial charge on any atom is -0.378 e. The fourth-order valence-electron chi connectivity index (χ4n) is 4.00. The van der Waals surface area contributed by atoms with Crippen molar-refractivity contribution in [2.24, 2.45) is 0 Å². The van der Waals surface area contributed by atoms with Crippen LogP contribution in [0.5, 0.6) is 0 Å². The zero-order valence-corrected chi connectivity index (χ0v) is 23.1. The molecule has 0 atom stereocenters. The van der Waals surface area contributed by atoms with Gasteiger partial charge in [-0.1, -0.05) is 23.5 Å². The molecule has 3 aromatic rings. The fourth-order valence-corrected chi connectivity index (χ4v) is 5.81. The van der Waals surface area contributed by atoms with Crippen molar-refractivity contribution in [2.45, 2.75) is 23.8 Å². The Morgan fingerprint density at radius 1 is 1.03 bits per heavy atom. The van der Waals surface area contributed by atoms with Crippen LogP contribution in [0.1, 0.15) is 38.8 Å². The summed E-state index contributed by atoms with van der Waals surface area (Å²) in [7, 11) is 3.91. The Kier molecular flexibility index (Phi) is 8.50. The second-order valence-corrected chi connectivity index (χ2v) is 11.4. The molecule has 0 unspecified atom stereocenters. The number of carbonyl (C=O) groups excluding carboxylic acids is 3. The smallest absolute Gasteiger partial charge is 0.257 e. The standard InChI is InChI=1S/C27H31N5O3S2/c1-18-5-6-20(15-23(18)26(35)32-13-11-31(12-14-32)19(2)33)17-36-24-16-28-27(37-24)29-25(34)21-7-9-22(10-8-21)30(3)4/h5-10,15-16H,11-14,17H2,1-4H3,(H,28,29,34). The molecule has 1 N–H and O–H groups in total. The van der Waals surface area contributed by atoms with Crippen molar-refractivity contribution in [1.29, 1.82) is 0 Å². The average Bonchev–Trinajstić information content (AvgIpc) is 3.35. The van der Waals surface area contributed by atoms with Gasteiger partial charge in [-0.05, 0) is 48.4 Å². The van der Waals surface area contributed by atoms with Gasteiger partial charge >= 0.3 is 0 Å². The molecule has 2 aromatic carbocycles. The first-order valence-corrected chi connectivity index (χ1v) is 13.8. The Labute approximate surface area is 225 Å². The number of rotatable bonds is 7. The highest BCUT2D eigenvalue weighted by atomic mass is 32.2. The predicted octanol–water partition coefficient (Wildman–Crippen LogP) is 4.37. The highest BCUT2D eigenvalue weighted by Gasteiger charge is 2.24. The maximum absolute atomic E-state index is 13.2. The van der Waals surface area contributed by atoms with Gasteiger partial charge in [0.1, 0.15) is 0 Å². The van der Waals surface area contributed by atoms with Gasteiger partial charge in [0.15, 0.2) is 5.13 Å². The molecule has 3 amide bonds. The Hall–Kier alpha value is -3.37. The first-order valence-electron chi connectivity index (χ1n) is 12.0. The van der Waals surface area contributed by atoms with Crippen molar-refractivity contribution in [3.8, 4) is 0 Å². The summed E-state index contributed by atoms with van der Waals surface area (Å²) >= 11 is 3.04. The third kappa shape index (κ3) is 6.69. The van der Waals surface area contributed by atoms with Crippen molar-refractivity contribution in [3.05, 3.63) is 70.9 Å². The second kappa shape index (κ2) is 11.8. The maximum atomic E-state index is 13.2. The van der Waals surface area contributed by atoms with Crippen LogP contribution >= 0.6 is 23.1 Å².